The fourth-order valence-corrected chi connectivity index (χ4v) is 3.63. The van der Waals surface area contributed by atoms with Crippen LogP contribution in [0, 0.1) is 0 Å². The van der Waals surface area contributed by atoms with Gasteiger partial charge < -0.3 is 15.2 Å². The number of aromatic nitrogens is 2. The molecule has 2 N–H and O–H groups in total. The molecule has 0 saturated heterocycles. The Morgan fingerprint density at radius 2 is 1.89 bits per heavy atom. The summed E-state index contributed by atoms with van der Waals surface area (Å²) in [5.41, 5.74) is 4.27. The molecule has 0 aliphatic heterocycles. The van der Waals surface area contributed by atoms with Gasteiger partial charge in [0, 0.05) is 36.5 Å². The Morgan fingerprint density at radius 1 is 1.11 bits per heavy atom. The van der Waals surface area contributed by atoms with Crippen molar-refractivity contribution in [2.75, 3.05) is 7.05 Å². The predicted octanol–water partition coefficient (Wildman–Crippen LogP) is 3.79. The van der Waals surface area contributed by atoms with E-state index in [1.54, 1.807) is 18.4 Å². The molecule has 0 saturated carbocycles. The molecule has 0 unspecified atom stereocenters. The van der Waals surface area contributed by atoms with E-state index in [2.05, 4.69) is 52.1 Å². The summed E-state index contributed by atoms with van der Waals surface area (Å²) in [6.45, 7) is 5.42. The summed E-state index contributed by atoms with van der Waals surface area (Å²) >= 11 is 1.65. The van der Waals surface area contributed by atoms with E-state index < -0.39 is 0 Å². The number of hydrogen-bond donors (Lipinski definition) is 2. The molecule has 27 heavy (non-hydrogen) atoms. The fraction of sp³-hybridized carbons (Fsp3) is 0.350. The number of nitrogens with zero attached hydrogens (tertiary/aromatic N) is 3. The number of thiazole rings is 1. The number of benzene rings is 1. The van der Waals surface area contributed by atoms with E-state index in [-0.39, 0.29) is 0 Å². The Balaban J connectivity index is 1.57. The molecule has 0 bridgehead atoms. The lowest BCUT2D eigenvalue weighted by Gasteiger charge is -2.11. The van der Waals surface area contributed by atoms with E-state index >= 15 is 0 Å². The first-order chi connectivity index (χ1) is 13.2. The predicted molar refractivity (Wildman–Crippen MR) is 110 cm³/mol. The number of nitrogens with one attached hydrogen (secondary N) is 2. The van der Waals surface area contributed by atoms with Crippen LogP contribution in [-0.4, -0.2) is 23.1 Å². The second-order valence-corrected chi connectivity index (χ2v) is 6.89. The van der Waals surface area contributed by atoms with Crippen molar-refractivity contribution in [1.82, 2.24) is 20.8 Å². The lowest BCUT2D eigenvalue weighted by molar-refractivity contribution is 0.380. The van der Waals surface area contributed by atoms with Crippen LogP contribution in [-0.2, 0) is 25.9 Å². The van der Waals surface area contributed by atoms with E-state index in [9.17, 15) is 0 Å². The van der Waals surface area contributed by atoms with Crippen LogP contribution in [0.1, 0.15) is 36.6 Å². The second kappa shape index (κ2) is 9.32. The molecule has 142 valence electrons. The Kier molecular flexibility index (Phi) is 6.59. The Hall–Kier alpha value is -2.67. The van der Waals surface area contributed by atoms with Gasteiger partial charge in [0.2, 0.25) is 0 Å². The molecule has 2 heterocycles. The van der Waals surface area contributed by atoms with E-state index in [1.807, 2.05) is 18.2 Å². The summed E-state index contributed by atoms with van der Waals surface area (Å²) in [7, 11) is 1.76. The van der Waals surface area contributed by atoms with Gasteiger partial charge in [0.05, 0.1) is 17.9 Å². The SMILES string of the molecule is CCc1noc(CC)c1CNC(=NC)NCc1csc(-c2ccccc2)n1. The first kappa shape index (κ1) is 19.1. The minimum atomic E-state index is 0.619. The lowest BCUT2D eigenvalue weighted by atomic mass is 10.1. The number of guanidine groups is 1. The minimum Gasteiger partial charge on any atom is -0.361 e. The van der Waals surface area contributed by atoms with Crippen molar-refractivity contribution in [1.29, 1.82) is 0 Å². The third kappa shape index (κ3) is 4.74. The van der Waals surface area contributed by atoms with Crippen molar-refractivity contribution in [2.24, 2.45) is 4.99 Å². The second-order valence-electron chi connectivity index (χ2n) is 6.03. The van der Waals surface area contributed by atoms with Gasteiger partial charge in [0.25, 0.3) is 0 Å². The largest absolute Gasteiger partial charge is 0.361 e. The zero-order chi connectivity index (χ0) is 19.1. The summed E-state index contributed by atoms with van der Waals surface area (Å²) < 4.78 is 5.42. The van der Waals surface area contributed by atoms with Gasteiger partial charge in [-0.25, -0.2) is 4.98 Å². The molecule has 3 rings (SSSR count). The van der Waals surface area contributed by atoms with Crippen LogP contribution in [0.25, 0.3) is 10.6 Å². The van der Waals surface area contributed by atoms with Crippen LogP contribution in [0.15, 0.2) is 45.2 Å². The minimum absolute atomic E-state index is 0.619. The topological polar surface area (TPSA) is 75.3 Å². The van der Waals surface area contributed by atoms with Crippen molar-refractivity contribution in [2.45, 2.75) is 39.8 Å². The molecule has 7 heteroatoms. The van der Waals surface area contributed by atoms with Gasteiger partial charge in [-0.2, -0.15) is 0 Å². The van der Waals surface area contributed by atoms with Crippen LogP contribution < -0.4 is 10.6 Å². The van der Waals surface area contributed by atoms with Gasteiger partial charge in [-0.1, -0.05) is 49.3 Å². The lowest BCUT2D eigenvalue weighted by Crippen LogP contribution is -2.36. The molecule has 0 aliphatic rings. The quantitative estimate of drug-likeness (QED) is 0.480. The highest BCUT2D eigenvalue weighted by Crippen LogP contribution is 2.23. The molecule has 0 atom stereocenters. The summed E-state index contributed by atoms with van der Waals surface area (Å²) in [5.74, 6) is 1.66. The van der Waals surface area contributed by atoms with Gasteiger partial charge in [-0.3, -0.25) is 4.99 Å². The molecule has 0 radical (unpaired) electrons. The standard InChI is InChI=1S/C20H25N5OS/c1-4-17-16(18(5-2)26-25-17)12-23-20(21-3)22-11-15-13-27-19(24-15)14-9-7-6-8-10-14/h6-10,13H,4-5,11-12H2,1-3H3,(H2,21,22,23). The van der Waals surface area contributed by atoms with E-state index in [4.69, 9.17) is 9.51 Å². The highest BCUT2D eigenvalue weighted by atomic mass is 32.1. The molecular formula is C20H25N5OS. The number of aliphatic imine (C=N–C) groups is 1. The van der Waals surface area contributed by atoms with Crippen molar-refractivity contribution in [3.63, 3.8) is 0 Å². The first-order valence-corrected chi connectivity index (χ1v) is 10.0. The average Bonchev–Trinajstić information content (AvgIpc) is 3.35. The number of aryl methyl sites for hydroxylation is 2. The number of rotatable bonds is 7. The van der Waals surface area contributed by atoms with Gasteiger partial charge in [-0.05, 0) is 6.42 Å². The zero-order valence-electron chi connectivity index (χ0n) is 16.0. The summed E-state index contributed by atoms with van der Waals surface area (Å²) in [6, 6.07) is 10.2. The molecule has 3 aromatic rings. The number of hydrogen-bond acceptors (Lipinski definition) is 5. The van der Waals surface area contributed by atoms with E-state index in [1.165, 1.54) is 0 Å². The van der Waals surface area contributed by atoms with Crippen LogP contribution in [0.4, 0.5) is 0 Å². The Labute approximate surface area is 163 Å². The van der Waals surface area contributed by atoms with Crippen LogP contribution in [0.3, 0.4) is 0 Å². The van der Waals surface area contributed by atoms with Gasteiger partial charge in [0.15, 0.2) is 5.96 Å². The van der Waals surface area contributed by atoms with Crippen molar-refractivity contribution in [3.8, 4) is 10.6 Å². The highest BCUT2D eigenvalue weighted by molar-refractivity contribution is 7.13. The smallest absolute Gasteiger partial charge is 0.191 e. The van der Waals surface area contributed by atoms with Crippen molar-refractivity contribution < 1.29 is 4.52 Å². The molecule has 6 nitrogen and oxygen atoms in total. The molecule has 2 aromatic heterocycles. The molecular weight excluding hydrogens is 358 g/mol. The van der Waals surface area contributed by atoms with Gasteiger partial charge in [-0.15, -0.1) is 11.3 Å². The Morgan fingerprint density at radius 3 is 2.59 bits per heavy atom. The maximum atomic E-state index is 5.42. The molecule has 0 aliphatic carbocycles. The Bertz CT molecular complexity index is 863. The summed E-state index contributed by atoms with van der Waals surface area (Å²) in [4.78, 5) is 9.00. The summed E-state index contributed by atoms with van der Waals surface area (Å²) in [5, 5.41) is 13.9. The monoisotopic (exact) mass is 383 g/mol. The van der Waals surface area contributed by atoms with Crippen molar-refractivity contribution in [3.05, 3.63) is 58.4 Å². The highest BCUT2D eigenvalue weighted by Gasteiger charge is 2.13. The molecule has 0 fully saturated rings. The van der Waals surface area contributed by atoms with Crippen molar-refractivity contribution >= 4 is 17.3 Å². The normalized spacial score (nSPS) is 11.6. The summed E-state index contributed by atoms with van der Waals surface area (Å²) in [6.07, 6.45) is 1.69. The van der Waals surface area contributed by atoms with Crippen LogP contribution >= 0.6 is 11.3 Å². The first-order valence-electron chi connectivity index (χ1n) is 9.15. The third-order valence-electron chi connectivity index (χ3n) is 4.27. The van der Waals surface area contributed by atoms with Crippen LogP contribution in [0.2, 0.25) is 0 Å². The van der Waals surface area contributed by atoms with Gasteiger partial charge in [0.1, 0.15) is 10.8 Å². The van der Waals surface area contributed by atoms with Gasteiger partial charge >= 0.3 is 0 Å². The fourth-order valence-electron chi connectivity index (χ4n) is 2.81. The van der Waals surface area contributed by atoms with Crippen LogP contribution in [0.5, 0.6) is 0 Å². The maximum absolute atomic E-state index is 5.42. The molecule has 0 amide bonds. The average molecular weight is 384 g/mol. The van der Waals surface area contributed by atoms with E-state index in [0.29, 0.717) is 13.1 Å². The third-order valence-corrected chi connectivity index (χ3v) is 5.21. The van der Waals surface area contributed by atoms with E-state index in [0.717, 1.165) is 52.1 Å². The molecule has 0 spiro atoms. The molecule has 1 aromatic carbocycles. The maximum Gasteiger partial charge on any atom is 0.191 e. The zero-order valence-corrected chi connectivity index (χ0v) is 16.8.